The average Bonchev–Trinajstić information content (AvgIpc) is 3.34. The number of aryl methyl sites for hydroxylation is 4. The Hall–Kier alpha value is -4.20. The van der Waals surface area contributed by atoms with Gasteiger partial charge in [0.2, 0.25) is 5.91 Å². The molecule has 0 bridgehead atoms. The van der Waals surface area contributed by atoms with Crippen LogP contribution in [0.3, 0.4) is 0 Å². The van der Waals surface area contributed by atoms with Gasteiger partial charge in [0, 0.05) is 23.6 Å². The number of fused-ring (bicyclic) bond motifs is 3. The van der Waals surface area contributed by atoms with Crippen LogP contribution in [0.25, 0.3) is 22.4 Å². The summed E-state index contributed by atoms with van der Waals surface area (Å²) < 4.78 is 4.31. The summed E-state index contributed by atoms with van der Waals surface area (Å²) in [5.41, 5.74) is 7.75. The minimum Gasteiger partial charge on any atom is -0.324 e. The third-order valence-corrected chi connectivity index (χ3v) is 5.94. The number of nitrogens with zero attached hydrogens (tertiary/aromatic N) is 5. The number of rotatable bonds is 4. The molecule has 5 rings (SSSR count). The summed E-state index contributed by atoms with van der Waals surface area (Å²) in [6, 6.07) is 13.9. The number of anilines is 1. The standard InChI is InChI=1S/C25H24N6O2/c1-15-5-8-20(18(4)11-15)26-23(32)14-31-25(33)29-9-10-30-22(24(29)28-31)13-21(27-30)19-7-6-16(2)17(3)12-19/h5-13H,14H2,1-4H3,(H,26,32). The highest BCUT2D eigenvalue weighted by Gasteiger charge is 2.16. The van der Waals surface area contributed by atoms with Crippen molar-refractivity contribution in [1.29, 1.82) is 0 Å². The zero-order chi connectivity index (χ0) is 23.3. The molecular weight excluding hydrogens is 416 g/mol. The van der Waals surface area contributed by atoms with Crippen LogP contribution in [0.2, 0.25) is 0 Å². The largest absolute Gasteiger partial charge is 0.350 e. The maximum atomic E-state index is 12.9. The molecule has 8 heteroatoms. The van der Waals surface area contributed by atoms with Crippen LogP contribution in [0, 0.1) is 27.7 Å². The number of hydrogen-bond acceptors (Lipinski definition) is 4. The highest BCUT2D eigenvalue weighted by atomic mass is 16.2. The molecule has 0 aliphatic heterocycles. The molecule has 1 N–H and O–H groups in total. The lowest BCUT2D eigenvalue weighted by Crippen LogP contribution is -2.28. The zero-order valence-electron chi connectivity index (χ0n) is 19.0. The first-order valence-electron chi connectivity index (χ1n) is 10.7. The van der Waals surface area contributed by atoms with E-state index in [4.69, 9.17) is 0 Å². The van der Waals surface area contributed by atoms with Gasteiger partial charge in [-0.2, -0.15) is 5.10 Å². The van der Waals surface area contributed by atoms with E-state index in [9.17, 15) is 9.59 Å². The summed E-state index contributed by atoms with van der Waals surface area (Å²) in [6.45, 7) is 7.89. The van der Waals surface area contributed by atoms with E-state index in [1.165, 1.54) is 20.2 Å². The first-order valence-corrected chi connectivity index (χ1v) is 10.7. The number of hydrogen-bond donors (Lipinski definition) is 1. The molecule has 3 heterocycles. The quantitative estimate of drug-likeness (QED) is 0.462. The molecule has 1 amide bonds. The van der Waals surface area contributed by atoms with Crippen LogP contribution in [0.1, 0.15) is 22.3 Å². The molecule has 3 aromatic heterocycles. The van der Waals surface area contributed by atoms with E-state index >= 15 is 0 Å². The van der Waals surface area contributed by atoms with Gasteiger partial charge >= 0.3 is 5.69 Å². The molecule has 5 aromatic rings. The molecule has 0 radical (unpaired) electrons. The molecule has 0 aliphatic rings. The monoisotopic (exact) mass is 440 g/mol. The van der Waals surface area contributed by atoms with Crippen molar-refractivity contribution in [2.75, 3.05) is 5.32 Å². The fraction of sp³-hybridized carbons (Fsp3) is 0.200. The van der Waals surface area contributed by atoms with E-state index < -0.39 is 0 Å². The summed E-state index contributed by atoms with van der Waals surface area (Å²) in [5.74, 6) is -0.312. The first-order chi connectivity index (χ1) is 15.8. The molecular formula is C25H24N6O2. The topological polar surface area (TPSA) is 85.7 Å². The highest BCUT2D eigenvalue weighted by Crippen LogP contribution is 2.23. The fourth-order valence-electron chi connectivity index (χ4n) is 3.96. The number of benzene rings is 2. The van der Waals surface area contributed by atoms with Gasteiger partial charge in [-0.15, -0.1) is 5.10 Å². The molecule has 0 unspecified atom stereocenters. The van der Waals surface area contributed by atoms with Gasteiger partial charge in [0.25, 0.3) is 0 Å². The Morgan fingerprint density at radius 3 is 2.48 bits per heavy atom. The van der Waals surface area contributed by atoms with Crippen molar-refractivity contribution in [3.05, 3.63) is 87.6 Å². The van der Waals surface area contributed by atoms with Crippen molar-refractivity contribution in [1.82, 2.24) is 23.8 Å². The van der Waals surface area contributed by atoms with Gasteiger partial charge in [0.05, 0.1) is 5.69 Å². The van der Waals surface area contributed by atoms with Crippen LogP contribution >= 0.6 is 0 Å². The second-order valence-corrected chi connectivity index (χ2v) is 8.46. The van der Waals surface area contributed by atoms with E-state index in [-0.39, 0.29) is 18.1 Å². The summed E-state index contributed by atoms with van der Waals surface area (Å²) in [4.78, 5) is 25.5. The molecule has 0 saturated carbocycles. The second kappa shape index (κ2) is 7.74. The van der Waals surface area contributed by atoms with Crippen molar-refractivity contribution >= 4 is 22.8 Å². The second-order valence-electron chi connectivity index (χ2n) is 8.46. The number of amides is 1. The summed E-state index contributed by atoms with van der Waals surface area (Å²) in [7, 11) is 0. The predicted octanol–water partition coefficient (Wildman–Crippen LogP) is 3.68. The van der Waals surface area contributed by atoms with E-state index in [2.05, 4.69) is 41.5 Å². The lowest BCUT2D eigenvalue weighted by molar-refractivity contribution is -0.117. The highest BCUT2D eigenvalue weighted by molar-refractivity contribution is 5.91. The Morgan fingerprint density at radius 2 is 1.73 bits per heavy atom. The molecule has 2 aromatic carbocycles. The lowest BCUT2D eigenvalue weighted by Gasteiger charge is -2.08. The van der Waals surface area contributed by atoms with E-state index in [0.29, 0.717) is 11.2 Å². The Kier molecular flexibility index (Phi) is 4.85. The van der Waals surface area contributed by atoms with Gasteiger partial charge in [-0.3, -0.25) is 4.79 Å². The van der Waals surface area contributed by atoms with Crippen LogP contribution < -0.4 is 11.0 Å². The molecule has 0 spiro atoms. The maximum absolute atomic E-state index is 12.9. The van der Waals surface area contributed by atoms with Gasteiger partial charge in [-0.25, -0.2) is 18.4 Å². The van der Waals surface area contributed by atoms with Crippen molar-refractivity contribution in [2.24, 2.45) is 0 Å². The first kappa shape index (κ1) is 20.7. The van der Waals surface area contributed by atoms with E-state index in [1.807, 2.05) is 44.2 Å². The van der Waals surface area contributed by atoms with Crippen LogP contribution in [-0.4, -0.2) is 29.7 Å². The normalized spacial score (nSPS) is 11.4. The average molecular weight is 441 g/mol. The Bertz CT molecular complexity index is 1610. The Morgan fingerprint density at radius 1 is 0.909 bits per heavy atom. The minimum atomic E-state index is -0.378. The molecule has 8 nitrogen and oxygen atoms in total. The number of carbonyl (C=O) groups excluding carboxylic acids is 1. The summed E-state index contributed by atoms with van der Waals surface area (Å²) in [5, 5.41) is 12.0. The Balaban J connectivity index is 1.49. The Labute approximate surface area is 190 Å². The zero-order valence-corrected chi connectivity index (χ0v) is 19.0. The number of carbonyl (C=O) groups is 1. The summed E-state index contributed by atoms with van der Waals surface area (Å²) >= 11 is 0. The smallest absolute Gasteiger partial charge is 0.324 e. The van der Waals surface area contributed by atoms with Gasteiger partial charge < -0.3 is 5.32 Å². The summed E-state index contributed by atoms with van der Waals surface area (Å²) in [6.07, 6.45) is 3.34. The maximum Gasteiger partial charge on any atom is 0.350 e. The van der Waals surface area contributed by atoms with Crippen LogP contribution in [0.4, 0.5) is 5.69 Å². The van der Waals surface area contributed by atoms with Gasteiger partial charge in [0.15, 0.2) is 5.65 Å². The third-order valence-electron chi connectivity index (χ3n) is 5.94. The molecule has 0 fully saturated rings. The molecule has 0 aliphatic carbocycles. The van der Waals surface area contributed by atoms with Gasteiger partial charge in [0.1, 0.15) is 12.1 Å². The van der Waals surface area contributed by atoms with Crippen molar-refractivity contribution in [3.8, 4) is 11.3 Å². The van der Waals surface area contributed by atoms with Crippen molar-refractivity contribution in [2.45, 2.75) is 34.2 Å². The molecule has 33 heavy (non-hydrogen) atoms. The van der Waals surface area contributed by atoms with Gasteiger partial charge in [-0.1, -0.05) is 29.8 Å². The molecule has 166 valence electrons. The third kappa shape index (κ3) is 3.69. The van der Waals surface area contributed by atoms with E-state index in [0.717, 1.165) is 28.1 Å². The SMILES string of the molecule is Cc1ccc(NC(=O)Cn2nc3c4cc(-c5ccc(C)c(C)c5)nn4ccn3c2=O)c(C)c1. The minimum absolute atomic E-state index is 0.182. The van der Waals surface area contributed by atoms with E-state index in [1.54, 1.807) is 16.9 Å². The van der Waals surface area contributed by atoms with Crippen LogP contribution in [-0.2, 0) is 11.3 Å². The number of aromatic nitrogens is 5. The van der Waals surface area contributed by atoms with Crippen LogP contribution in [0.15, 0.2) is 59.7 Å². The molecule has 0 saturated heterocycles. The fourth-order valence-corrected chi connectivity index (χ4v) is 3.96. The predicted molar refractivity (Wildman–Crippen MR) is 128 cm³/mol. The lowest BCUT2D eigenvalue weighted by atomic mass is 10.0. The van der Waals surface area contributed by atoms with Crippen molar-refractivity contribution < 1.29 is 4.79 Å². The number of nitrogens with one attached hydrogen (secondary N) is 1. The van der Waals surface area contributed by atoms with Crippen molar-refractivity contribution in [3.63, 3.8) is 0 Å². The van der Waals surface area contributed by atoms with Crippen LogP contribution in [0.5, 0.6) is 0 Å². The molecule has 0 atom stereocenters. The van der Waals surface area contributed by atoms with Gasteiger partial charge in [-0.05, 0) is 62.6 Å².